The van der Waals surface area contributed by atoms with Crippen molar-refractivity contribution in [3.63, 3.8) is 0 Å². The van der Waals surface area contributed by atoms with Crippen LogP contribution in [-0.4, -0.2) is 28.8 Å². The van der Waals surface area contributed by atoms with Crippen molar-refractivity contribution in [3.05, 3.63) is 52.3 Å². The van der Waals surface area contributed by atoms with Crippen LogP contribution in [0, 0.1) is 25.2 Å². The lowest BCUT2D eigenvalue weighted by Gasteiger charge is -2.18. The van der Waals surface area contributed by atoms with Crippen molar-refractivity contribution >= 4 is 5.96 Å². The standard InChI is InChI=1S/C19H26N6/c1-13(9-18-14(2)24-25(5)15(18)3)23-19(21-4)22-12-17-8-6-7-16(10-17)11-20/h6-8,10,13H,9,12H2,1-5H3,(H2,21,22,23). The molecule has 2 aromatic rings. The van der Waals surface area contributed by atoms with Crippen molar-refractivity contribution < 1.29 is 0 Å². The third-order valence-electron chi connectivity index (χ3n) is 4.29. The van der Waals surface area contributed by atoms with Gasteiger partial charge in [-0.15, -0.1) is 0 Å². The maximum absolute atomic E-state index is 8.98. The Hall–Kier alpha value is -2.81. The smallest absolute Gasteiger partial charge is 0.191 e. The molecule has 0 fully saturated rings. The van der Waals surface area contributed by atoms with Crippen LogP contribution in [0.1, 0.15) is 35.0 Å². The van der Waals surface area contributed by atoms with Crippen LogP contribution in [0.4, 0.5) is 0 Å². The second kappa shape index (κ2) is 8.34. The van der Waals surface area contributed by atoms with E-state index in [9.17, 15) is 0 Å². The first-order chi connectivity index (χ1) is 11.9. The number of hydrogen-bond acceptors (Lipinski definition) is 3. The zero-order valence-electron chi connectivity index (χ0n) is 15.6. The number of hydrogen-bond donors (Lipinski definition) is 2. The predicted octanol–water partition coefficient (Wildman–Crippen LogP) is 2.20. The second-order valence-electron chi connectivity index (χ2n) is 6.26. The molecule has 1 unspecified atom stereocenters. The Morgan fingerprint density at radius 3 is 2.76 bits per heavy atom. The maximum atomic E-state index is 8.98. The minimum Gasteiger partial charge on any atom is -0.354 e. The van der Waals surface area contributed by atoms with Gasteiger partial charge in [0.05, 0.1) is 17.3 Å². The number of nitriles is 1. The van der Waals surface area contributed by atoms with Crippen LogP contribution in [0.25, 0.3) is 0 Å². The number of nitrogens with zero attached hydrogens (tertiary/aromatic N) is 4. The monoisotopic (exact) mass is 338 g/mol. The van der Waals surface area contributed by atoms with Gasteiger partial charge in [0.2, 0.25) is 0 Å². The highest BCUT2D eigenvalue weighted by Gasteiger charge is 2.14. The van der Waals surface area contributed by atoms with Crippen LogP contribution in [0.3, 0.4) is 0 Å². The number of aromatic nitrogens is 2. The topological polar surface area (TPSA) is 78.0 Å². The largest absolute Gasteiger partial charge is 0.354 e. The molecular formula is C19H26N6. The summed E-state index contributed by atoms with van der Waals surface area (Å²) in [6.45, 7) is 6.89. The van der Waals surface area contributed by atoms with Gasteiger partial charge in [-0.1, -0.05) is 12.1 Å². The van der Waals surface area contributed by atoms with Gasteiger partial charge in [0, 0.05) is 32.4 Å². The number of nitrogens with one attached hydrogen (secondary N) is 2. The van der Waals surface area contributed by atoms with Gasteiger partial charge in [-0.3, -0.25) is 9.67 Å². The molecule has 1 aromatic heterocycles. The van der Waals surface area contributed by atoms with Gasteiger partial charge in [-0.05, 0) is 50.5 Å². The van der Waals surface area contributed by atoms with Crippen molar-refractivity contribution in [1.29, 1.82) is 5.26 Å². The summed E-state index contributed by atoms with van der Waals surface area (Å²) in [5.74, 6) is 0.744. The quantitative estimate of drug-likeness (QED) is 0.647. The molecule has 1 heterocycles. The van der Waals surface area contributed by atoms with Crippen LogP contribution in [-0.2, 0) is 20.0 Å². The van der Waals surface area contributed by atoms with E-state index in [2.05, 4.69) is 40.6 Å². The first-order valence-electron chi connectivity index (χ1n) is 8.40. The minimum absolute atomic E-state index is 0.221. The van der Waals surface area contributed by atoms with E-state index >= 15 is 0 Å². The summed E-state index contributed by atoms with van der Waals surface area (Å²) in [5, 5.41) is 20.2. The summed E-state index contributed by atoms with van der Waals surface area (Å²) < 4.78 is 1.92. The Morgan fingerprint density at radius 2 is 2.16 bits per heavy atom. The van der Waals surface area contributed by atoms with E-state index in [-0.39, 0.29) is 6.04 Å². The fourth-order valence-electron chi connectivity index (χ4n) is 2.83. The average Bonchev–Trinajstić information content (AvgIpc) is 2.84. The summed E-state index contributed by atoms with van der Waals surface area (Å²) in [5.41, 5.74) is 5.26. The van der Waals surface area contributed by atoms with Gasteiger partial charge in [-0.25, -0.2) is 0 Å². The second-order valence-corrected chi connectivity index (χ2v) is 6.26. The minimum atomic E-state index is 0.221. The normalized spacial score (nSPS) is 12.6. The van der Waals surface area contributed by atoms with E-state index < -0.39 is 0 Å². The van der Waals surface area contributed by atoms with Gasteiger partial charge in [0.15, 0.2) is 5.96 Å². The molecule has 0 bridgehead atoms. The fraction of sp³-hybridized carbons (Fsp3) is 0.421. The molecule has 0 aliphatic heterocycles. The van der Waals surface area contributed by atoms with Gasteiger partial charge >= 0.3 is 0 Å². The van der Waals surface area contributed by atoms with Crippen LogP contribution in [0.2, 0.25) is 0 Å². The number of aliphatic imine (C=N–C) groups is 1. The molecule has 0 spiro atoms. The van der Waals surface area contributed by atoms with Crippen molar-refractivity contribution in [2.45, 2.75) is 39.8 Å². The Morgan fingerprint density at radius 1 is 1.40 bits per heavy atom. The first-order valence-corrected chi connectivity index (χ1v) is 8.40. The molecule has 0 saturated carbocycles. The van der Waals surface area contributed by atoms with E-state index in [0.717, 1.165) is 23.6 Å². The molecule has 0 aliphatic rings. The number of aryl methyl sites for hydroxylation is 2. The molecule has 6 nitrogen and oxygen atoms in total. The molecule has 0 radical (unpaired) electrons. The van der Waals surface area contributed by atoms with Gasteiger partial charge in [-0.2, -0.15) is 10.4 Å². The molecule has 0 aliphatic carbocycles. The summed E-state index contributed by atoms with van der Waals surface area (Å²) in [4.78, 5) is 4.29. The molecule has 1 atom stereocenters. The van der Waals surface area contributed by atoms with E-state index in [1.165, 1.54) is 11.3 Å². The van der Waals surface area contributed by atoms with Crippen molar-refractivity contribution in [1.82, 2.24) is 20.4 Å². The predicted molar refractivity (Wildman–Crippen MR) is 100 cm³/mol. The molecule has 25 heavy (non-hydrogen) atoms. The zero-order chi connectivity index (χ0) is 18.4. The highest BCUT2D eigenvalue weighted by atomic mass is 15.3. The molecule has 6 heteroatoms. The molecule has 0 saturated heterocycles. The summed E-state index contributed by atoms with van der Waals surface area (Å²) in [7, 11) is 3.73. The lowest BCUT2D eigenvalue weighted by Crippen LogP contribution is -2.42. The Kier molecular flexibility index (Phi) is 6.18. The van der Waals surface area contributed by atoms with E-state index in [0.29, 0.717) is 12.1 Å². The van der Waals surface area contributed by atoms with Crippen molar-refractivity contribution in [2.75, 3.05) is 7.05 Å². The Bertz CT molecular complexity index is 797. The molecule has 0 amide bonds. The SMILES string of the molecule is CN=C(NCc1cccc(C#N)c1)NC(C)Cc1c(C)nn(C)c1C. The van der Waals surface area contributed by atoms with E-state index in [4.69, 9.17) is 5.26 Å². The molecule has 2 rings (SSSR count). The lowest BCUT2D eigenvalue weighted by atomic mass is 10.1. The van der Waals surface area contributed by atoms with E-state index in [1.54, 1.807) is 13.1 Å². The fourth-order valence-corrected chi connectivity index (χ4v) is 2.83. The number of rotatable bonds is 5. The van der Waals surface area contributed by atoms with Crippen LogP contribution in [0.5, 0.6) is 0 Å². The van der Waals surface area contributed by atoms with Gasteiger partial charge < -0.3 is 10.6 Å². The number of benzene rings is 1. The Labute approximate surface area is 149 Å². The average molecular weight is 338 g/mol. The third kappa shape index (κ3) is 4.83. The van der Waals surface area contributed by atoms with Crippen LogP contribution >= 0.6 is 0 Å². The van der Waals surface area contributed by atoms with Crippen LogP contribution in [0.15, 0.2) is 29.3 Å². The lowest BCUT2D eigenvalue weighted by molar-refractivity contribution is 0.635. The summed E-state index contributed by atoms with van der Waals surface area (Å²) >= 11 is 0. The zero-order valence-corrected chi connectivity index (χ0v) is 15.6. The van der Waals surface area contributed by atoms with E-state index in [1.807, 2.05) is 36.9 Å². The Balaban J connectivity index is 1.94. The summed E-state index contributed by atoms with van der Waals surface area (Å²) in [6, 6.07) is 9.95. The maximum Gasteiger partial charge on any atom is 0.191 e. The third-order valence-corrected chi connectivity index (χ3v) is 4.29. The van der Waals surface area contributed by atoms with Gasteiger partial charge in [0.1, 0.15) is 0 Å². The first kappa shape index (κ1) is 18.5. The van der Waals surface area contributed by atoms with Crippen molar-refractivity contribution in [2.24, 2.45) is 12.0 Å². The number of guanidine groups is 1. The summed E-state index contributed by atoms with van der Waals surface area (Å²) in [6.07, 6.45) is 0.885. The molecule has 132 valence electrons. The highest BCUT2D eigenvalue weighted by molar-refractivity contribution is 5.79. The van der Waals surface area contributed by atoms with Crippen LogP contribution < -0.4 is 10.6 Å². The molecular weight excluding hydrogens is 312 g/mol. The van der Waals surface area contributed by atoms with Crippen molar-refractivity contribution in [3.8, 4) is 6.07 Å². The van der Waals surface area contributed by atoms with Gasteiger partial charge in [0.25, 0.3) is 0 Å². The highest BCUT2D eigenvalue weighted by Crippen LogP contribution is 2.14. The molecule has 2 N–H and O–H groups in total. The molecule has 1 aromatic carbocycles.